The first kappa shape index (κ1) is 15.0. The molecule has 110 valence electrons. The number of hydrogen-bond acceptors (Lipinski definition) is 2. The highest BCUT2D eigenvalue weighted by Gasteiger charge is 2.15. The van der Waals surface area contributed by atoms with Crippen LogP contribution < -0.4 is 11.1 Å². The van der Waals surface area contributed by atoms with Crippen LogP contribution in [0.4, 0.5) is 14.5 Å². The second kappa shape index (κ2) is 6.35. The van der Waals surface area contributed by atoms with Crippen LogP contribution in [-0.4, -0.2) is 5.91 Å². The Bertz CT molecular complexity index is 621. The zero-order chi connectivity index (χ0) is 15.4. The fourth-order valence-electron chi connectivity index (χ4n) is 2.02. The van der Waals surface area contributed by atoms with Crippen molar-refractivity contribution in [1.82, 2.24) is 5.32 Å². The van der Waals surface area contributed by atoms with E-state index in [0.29, 0.717) is 5.69 Å². The summed E-state index contributed by atoms with van der Waals surface area (Å²) in [5.41, 5.74) is 6.87. The van der Waals surface area contributed by atoms with E-state index in [0.717, 1.165) is 17.7 Å². The zero-order valence-electron chi connectivity index (χ0n) is 11.6. The van der Waals surface area contributed by atoms with Crippen molar-refractivity contribution in [3.63, 3.8) is 0 Å². The molecule has 0 aliphatic carbocycles. The van der Waals surface area contributed by atoms with E-state index in [2.05, 4.69) is 5.32 Å². The van der Waals surface area contributed by atoms with Gasteiger partial charge in [0.05, 0.1) is 12.5 Å². The maximum absolute atomic E-state index is 13.5. The lowest BCUT2D eigenvalue weighted by molar-refractivity contribution is -0.121. The van der Waals surface area contributed by atoms with Crippen LogP contribution in [0.25, 0.3) is 0 Å². The van der Waals surface area contributed by atoms with Crippen LogP contribution in [0.15, 0.2) is 42.5 Å². The van der Waals surface area contributed by atoms with Gasteiger partial charge in [-0.2, -0.15) is 0 Å². The van der Waals surface area contributed by atoms with Gasteiger partial charge in [0.2, 0.25) is 5.91 Å². The fourth-order valence-corrected chi connectivity index (χ4v) is 2.02. The van der Waals surface area contributed by atoms with E-state index < -0.39 is 17.5 Å². The number of halogens is 2. The number of rotatable bonds is 4. The zero-order valence-corrected chi connectivity index (χ0v) is 11.6. The van der Waals surface area contributed by atoms with Crippen LogP contribution in [0, 0.1) is 11.6 Å². The molecule has 1 atom stereocenters. The van der Waals surface area contributed by atoms with E-state index in [1.807, 2.05) is 0 Å². The van der Waals surface area contributed by atoms with Crippen LogP contribution >= 0.6 is 0 Å². The predicted molar refractivity (Wildman–Crippen MR) is 77.5 cm³/mol. The van der Waals surface area contributed by atoms with Gasteiger partial charge in [-0.1, -0.05) is 18.2 Å². The predicted octanol–water partition coefficient (Wildman–Crippen LogP) is 2.97. The molecule has 21 heavy (non-hydrogen) atoms. The maximum Gasteiger partial charge on any atom is 0.225 e. The molecule has 3 nitrogen and oxygen atoms in total. The van der Waals surface area contributed by atoms with Crippen molar-refractivity contribution >= 4 is 11.6 Å². The Kier molecular flexibility index (Phi) is 4.52. The van der Waals surface area contributed by atoms with E-state index in [1.54, 1.807) is 31.2 Å². The van der Waals surface area contributed by atoms with Crippen LogP contribution in [-0.2, 0) is 11.2 Å². The Balaban J connectivity index is 2.03. The number of nitrogens with two attached hydrogens (primary N) is 1. The highest BCUT2D eigenvalue weighted by Crippen LogP contribution is 2.16. The summed E-state index contributed by atoms with van der Waals surface area (Å²) in [5, 5.41) is 2.71. The van der Waals surface area contributed by atoms with Gasteiger partial charge in [0.15, 0.2) is 0 Å². The van der Waals surface area contributed by atoms with E-state index in [1.165, 1.54) is 6.07 Å². The molecule has 3 N–H and O–H groups in total. The van der Waals surface area contributed by atoms with Crippen LogP contribution in [0.2, 0.25) is 0 Å². The van der Waals surface area contributed by atoms with Crippen molar-refractivity contribution in [2.75, 3.05) is 5.73 Å². The number of carbonyl (C=O) groups is 1. The average Bonchev–Trinajstić information content (AvgIpc) is 2.43. The topological polar surface area (TPSA) is 55.1 Å². The van der Waals surface area contributed by atoms with Gasteiger partial charge in [-0.05, 0) is 36.8 Å². The number of benzene rings is 2. The van der Waals surface area contributed by atoms with Crippen molar-refractivity contribution in [3.05, 3.63) is 65.2 Å². The maximum atomic E-state index is 13.5. The van der Waals surface area contributed by atoms with Gasteiger partial charge >= 0.3 is 0 Å². The summed E-state index contributed by atoms with van der Waals surface area (Å²) in [6.45, 7) is 1.79. The normalized spacial score (nSPS) is 12.0. The SMILES string of the molecule is CC(NC(=O)Cc1c(F)cccc1F)c1ccc(N)cc1. The molecule has 0 saturated carbocycles. The van der Waals surface area contributed by atoms with Gasteiger partial charge in [0, 0.05) is 11.3 Å². The molecule has 2 aromatic rings. The number of carbonyl (C=O) groups excluding carboxylic acids is 1. The molecule has 0 heterocycles. The summed E-state index contributed by atoms with van der Waals surface area (Å²) in [4.78, 5) is 11.9. The molecular formula is C16H16F2N2O. The van der Waals surface area contributed by atoms with Gasteiger partial charge in [0.1, 0.15) is 11.6 Å². The quantitative estimate of drug-likeness (QED) is 0.851. The summed E-state index contributed by atoms with van der Waals surface area (Å²) in [7, 11) is 0. The number of amides is 1. The van der Waals surface area contributed by atoms with Gasteiger partial charge in [-0.3, -0.25) is 4.79 Å². The van der Waals surface area contributed by atoms with Crippen molar-refractivity contribution in [1.29, 1.82) is 0 Å². The highest BCUT2D eigenvalue weighted by atomic mass is 19.1. The molecule has 1 amide bonds. The van der Waals surface area contributed by atoms with Crippen molar-refractivity contribution in [3.8, 4) is 0 Å². The lowest BCUT2D eigenvalue weighted by Gasteiger charge is -2.15. The van der Waals surface area contributed by atoms with Crippen LogP contribution in [0.5, 0.6) is 0 Å². The minimum absolute atomic E-state index is 0.223. The number of nitrogens with one attached hydrogen (secondary N) is 1. The number of anilines is 1. The monoisotopic (exact) mass is 290 g/mol. The summed E-state index contributed by atoms with van der Waals surface area (Å²) < 4.78 is 27.0. The first-order valence-corrected chi connectivity index (χ1v) is 6.55. The van der Waals surface area contributed by atoms with E-state index in [9.17, 15) is 13.6 Å². The molecule has 0 aromatic heterocycles. The first-order valence-electron chi connectivity index (χ1n) is 6.55. The molecule has 2 aromatic carbocycles. The lowest BCUT2D eigenvalue weighted by Crippen LogP contribution is -2.28. The van der Waals surface area contributed by atoms with Gasteiger partial charge in [0.25, 0.3) is 0 Å². The van der Waals surface area contributed by atoms with Crippen LogP contribution in [0.1, 0.15) is 24.1 Å². The van der Waals surface area contributed by atoms with Crippen molar-refractivity contribution in [2.45, 2.75) is 19.4 Å². The number of hydrogen-bond donors (Lipinski definition) is 2. The van der Waals surface area contributed by atoms with Gasteiger partial charge < -0.3 is 11.1 Å². The molecule has 2 rings (SSSR count). The van der Waals surface area contributed by atoms with E-state index in [-0.39, 0.29) is 18.0 Å². The standard InChI is InChI=1S/C16H16F2N2O/c1-10(11-5-7-12(19)8-6-11)20-16(21)9-13-14(17)3-2-4-15(13)18/h2-8,10H,9,19H2,1H3,(H,20,21). The Morgan fingerprint density at radius 3 is 2.29 bits per heavy atom. The summed E-state index contributed by atoms with van der Waals surface area (Å²) in [6.07, 6.45) is -0.335. The van der Waals surface area contributed by atoms with Crippen LogP contribution in [0.3, 0.4) is 0 Å². The van der Waals surface area contributed by atoms with Gasteiger partial charge in [-0.15, -0.1) is 0 Å². The molecule has 0 fully saturated rings. The Morgan fingerprint density at radius 2 is 1.71 bits per heavy atom. The molecule has 0 aliphatic heterocycles. The Morgan fingerprint density at radius 1 is 1.14 bits per heavy atom. The van der Waals surface area contributed by atoms with E-state index in [4.69, 9.17) is 5.73 Å². The Hall–Kier alpha value is -2.43. The average molecular weight is 290 g/mol. The third kappa shape index (κ3) is 3.78. The first-order chi connectivity index (χ1) is 9.97. The third-order valence-electron chi connectivity index (χ3n) is 3.21. The molecule has 0 bridgehead atoms. The summed E-state index contributed by atoms with van der Waals surface area (Å²) in [5.74, 6) is -1.88. The second-order valence-corrected chi connectivity index (χ2v) is 4.83. The second-order valence-electron chi connectivity index (χ2n) is 4.83. The largest absolute Gasteiger partial charge is 0.399 e. The molecule has 5 heteroatoms. The molecule has 0 spiro atoms. The fraction of sp³-hybridized carbons (Fsp3) is 0.188. The van der Waals surface area contributed by atoms with Gasteiger partial charge in [-0.25, -0.2) is 8.78 Å². The van der Waals surface area contributed by atoms with Crippen molar-refractivity contribution < 1.29 is 13.6 Å². The minimum atomic E-state index is -0.717. The smallest absolute Gasteiger partial charge is 0.225 e. The molecule has 0 saturated heterocycles. The lowest BCUT2D eigenvalue weighted by atomic mass is 10.1. The minimum Gasteiger partial charge on any atom is -0.399 e. The summed E-state index contributed by atoms with van der Waals surface area (Å²) >= 11 is 0. The summed E-state index contributed by atoms with van der Waals surface area (Å²) in [6, 6.07) is 10.3. The van der Waals surface area contributed by atoms with E-state index >= 15 is 0 Å². The number of nitrogen functional groups attached to an aromatic ring is 1. The Labute approximate surface area is 121 Å². The molecular weight excluding hydrogens is 274 g/mol. The molecule has 0 aliphatic rings. The van der Waals surface area contributed by atoms with Crippen molar-refractivity contribution in [2.24, 2.45) is 0 Å². The molecule has 1 unspecified atom stereocenters. The highest BCUT2D eigenvalue weighted by molar-refractivity contribution is 5.79. The third-order valence-corrected chi connectivity index (χ3v) is 3.21. The molecule has 0 radical (unpaired) electrons.